The molecule has 19 heavy (non-hydrogen) atoms. The van der Waals surface area contributed by atoms with Crippen LogP contribution < -0.4 is 16.4 Å². The van der Waals surface area contributed by atoms with Crippen molar-refractivity contribution in [2.24, 2.45) is 11.7 Å². The minimum Gasteiger partial charge on any atom is -0.326 e. The fourth-order valence-corrected chi connectivity index (χ4v) is 1.32. The standard InChI is InChI=1S/C13H19N3O2.ClH/c1-8(2)13(18)15-10-5-4-9(3)11(6-10)16-12(17)7-14;/h4-6,8H,7,14H2,1-3H3,(H,15,18)(H,16,17);1H. The van der Waals surface area contributed by atoms with E-state index in [0.717, 1.165) is 5.56 Å². The van der Waals surface area contributed by atoms with E-state index in [1.54, 1.807) is 12.1 Å². The van der Waals surface area contributed by atoms with Gasteiger partial charge in [0.1, 0.15) is 0 Å². The lowest BCUT2D eigenvalue weighted by molar-refractivity contribution is -0.119. The molecule has 0 atom stereocenters. The first-order valence-electron chi connectivity index (χ1n) is 5.85. The normalized spacial score (nSPS) is 9.74. The zero-order valence-electron chi connectivity index (χ0n) is 11.3. The molecular weight excluding hydrogens is 266 g/mol. The molecule has 0 aliphatic heterocycles. The largest absolute Gasteiger partial charge is 0.326 e. The maximum Gasteiger partial charge on any atom is 0.238 e. The molecule has 0 saturated heterocycles. The first-order chi connectivity index (χ1) is 8.43. The van der Waals surface area contributed by atoms with Gasteiger partial charge in [-0.3, -0.25) is 9.59 Å². The Morgan fingerprint density at radius 1 is 1.26 bits per heavy atom. The van der Waals surface area contributed by atoms with Gasteiger partial charge >= 0.3 is 0 Å². The third-order valence-electron chi connectivity index (χ3n) is 2.49. The summed E-state index contributed by atoms with van der Waals surface area (Å²) in [4.78, 5) is 22.8. The predicted molar refractivity (Wildman–Crippen MR) is 79.6 cm³/mol. The summed E-state index contributed by atoms with van der Waals surface area (Å²) in [5.41, 5.74) is 7.48. The van der Waals surface area contributed by atoms with Crippen molar-refractivity contribution in [1.82, 2.24) is 0 Å². The van der Waals surface area contributed by atoms with Gasteiger partial charge in [-0.2, -0.15) is 0 Å². The van der Waals surface area contributed by atoms with Gasteiger partial charge in [0.2, 0.25) is 11.8 Å². The second kappa shape index (κ2) is 7.76. The number of carbonyl (C=O) groups is 2. The molecule has 2 amide bonds. The van der Waals surface area contributed by atoms with Crippen LogP contribution in [0.2, 0.25) is 0 Å². The number of rotatable bonds is 4. The van der Waals surface area contributed by atoms with Gasteiger partial charge in [0.05, 0.1) is 6.54 Å². The molecule has 0 aromatic heterocycles. The Hall–Kier alpha value is -1.59. The summed E-state index contributed by atoms with van der Waals surface area (Å²) in [5.74, 6) is -0.409. The minimum atomic E-state index is -0.259. The van der Waals surface area contributed by atoms with E-state index in [2.05, 4.69) is 10.6 Å². The third kappa shape index (κ3) is 5.28. The number of amides is 2. The van der Waals surface area contributed by atoms with Crippen molar-refractivity contribution in [3.05, 3.63) is 23.8 Å². The van der Waals surface area contributed by atoms with Gasteiger partial charge in [0, 0.05) is 17.3 Å². The van der Waals surface area contributed by atoms with Crippen molar-refractivity contribution in [2.45, 2.75) is 20.8 Å². The highest BCUT2D eigenvalue weighted by Crippen LogP contribution is 2.20. The molecule has 1 aromatic rings. The van der Waals surface area contributed by atoms with Crippen molar-refractivity contribution < 1.29 is 9.59 Å². The third-order valence-corrected chi connectivity index (χ3v) is 2.49. The van der Waals surface area contributed by atoms with Crippen LogP contribution in [0.25, 0.3) is 0 Å². The zero-order chi connectivity index (χ0) is 13.7. The topological polar surface area (TPSA) is 84.2 Å². The Balaban J connectivity index is 0.00000324. The Kier molecular flexibility index (Phi) is 7.11. The minimum absolute atomic E-state index is 0. The Labute approximate surface area is 119 Å². The molecule has 0 aliphatic rings. The van der Waals surface area contributed by atoms with Crippen LogP contribution in [-0.4, -0.2) is 18.4 Å². The van der Waals surface area contributed by atoms with Crippen LogP contribution >= 0.6 is 12.4 Å². The van der Waals surface area contributed by atoms with Gasteiger partial charge in [0.25, 0.3) is 0 Å². The van der Waals surface area contributed by atoms with E-state index in [9.17, 15) is 9.59 Å². The van der Waals surface area contributed by atoms with Crippen molar-refractivity contribution in [1.29, 1.82) is 0 Å². The molecule has 6 heteroatoms. The first kappa shape index (κ1) is 17.4. The van der Waals surface area contributed by atoms with Gasteiger partial charge in [0.15, 0.2) is 0 Å². The van der Waals surface area contributed by atoms with Gasteiger partial charge in [-0.25, -0.2) is 0 Å². The molecule has 0 heterocycles. The molecule has 1 rings (SSSR count). The number of hydrogen-bond acceptors (Lipinski definition) is 3. The average Bonchev–Trinajstić information content (AvgIpc) is 2.33. The molecule has 0 aliphatic carbocycles. The first-order valence-corrected chi connectivity index (χ1v) is 5.85. The summed E-state index contributed by atoms with van der Waals surface area (Å²) in [5, 5.41) is 5.47. The van der Waals surface area contributed by atoms with Crippen LogP contribution in [-0.2, 0) is 9.59 Å². The van der Waals surface area contributed by atoms with Crippen LogP contribution in [0.5, 0.6) is 0 Å². The summed E-state index contributed by atoms with van der Waals surface area (Å²) in [7, 11) is 0. The number of aryl methyl sites for hydroxylation is 1. The molecule has 4 N–H and O–H groups in total. The molecule has 0 unspecified atom stereocenters. The van der Waals surface area contributed by atoms with Gasteiger partial charge in [-0.05, 0) is 24.6 Å². The van der Waals surface area contributed by atoms with E-state index in [4.69, 9.17) is 5.73 Å². The van der Waals surface area contributed by atoms with Crippen LogP contribution in [0.15, 0.2) is 18.2 Å². The van der Waals surface area contributed by atoms with Crippen LogP contribution in [0, 0.1) is 12.8 Å². The number of anilines is 2. The molecule has 0 bridgehead atoms. The maximum atomic E-state index is 11.6. The molecular formula is C13H20ClN3O2. The number of nitrogens with two attached hydrogens (primary N) is 1. The van der Waals surface area contributed by atoms with Crippen LogP contribution in [0.1, 0.15) is 19.4 Å². The van der Waals surface area contributed by atoms with Crippen molar-refractivity contribution in [2.75, 3.05) is 17.2 Å². The summed E-state index contributed by atoms with van der Waals surface area (Å²) in [6.45, 7) is 5.45. The number of carbonyl (C=O) groups excluding carboxylic acids is 2. The molecule has 0 fully saturated rings. The van der Waals surface area contributed by atoms with Crippen molar-refractivity contribution in [3.63, 3.8) is 0 Å². The number of nitrogens with one attached hydrogen (secondary N) is 2. The summed E-state index contributed by atoms with van der Waals surface area (Å²) in [6, 6.07) is 5.36. The van der Waals surface area contributed by atoms with E-state index in [1.165, 1.54) is 0 Å². The second-order valence-corrected chi connectivity index (χ2v) is 4.43. The highest BCUT2D eigenvalue weighted by molar-refractivity contribution is 5.95. The average molecular weight is 286 g/mol. The highest BCUT2D eigenvalue weighted by atomic mass is 35.5. The molecule has 0 spiro atoms. The fourth-order valence-electron chi connectivity index (χ4n) is 1.32. The van der Waals surface area contributed by atoms with Crippen LogP contribution in [0.3, 0.4) is 0 Å². The summed E-state index contributed by atoms with van der Waals surface area (Å²) >= 11 is 0. The second-order valence-electron chi connectivity index (χ2n) is 4.43. The number of benzene rings is 1. The molecule has 0 radical (unpaired) electrons. The van der Waals surface area contributed by atoms with E-state index < -0.39 is 0 Å². The van der Waals surface area contributed by atoms with E-state index in [0.29, 0.717) is 11.4 Å². The number of hydrogen-bond donors (Lipinski definition) is 3. The zero-order valence-corrected chi connectivity index (χ0v) is 12.1. The lowest BCUT2D eigenvalue weighted by Gasteiger charge is -2.12. The lowest BCUT2D eigenvalue weighted by atomic mass is 10.1. The monoisotopic (exact) mass is 285 g/mol. The van der Waals surface area contributed by atoms with Gasteiger partial charge in [-0.15, -0.1) is 12.4 Å². The van der Waals surface area contributed by atoms with E-state index >= 15 is 0 Å². The van der Waals surface area contributed by atoms with E-state index in [-0.39, 0.29) is 36.7 Å². The Bertz CT molecular complexity index is 461. The number of halogens is 1. The summed E-state index contributed by atoms with van der Waals surface area (Å²) < 4.78 is 0. The Morgan fingerprint density at radius 2 is 1.89 bits per heavy atom. The lowest BCUT2D eigenvalue weighted by Crippen LogP contribution is -2.22. The smallest absolute Gasteiger partial charge is 0.238 e. The van der Waals surface area contributed by atoms with Gasteiger partial charge in [-0.1, -0.05) is 19.9 Å². The predicted octanol–water partition coefficient (Wildman–Crippen LogP) is 1.91. The van der Waals surface area contributed by atoms with E-state index in [1.807, 2.05) is 26.8 Å². The Morgan fingerprint density at radius 3 is 2.42 bits per heavy atom. The fraction of sp³-hybridized carbons (Fsp3) is 0.385. The molecule has 0 saturated carbocycles. The molecule has 5 nitrogen and oxygen atoms in total. The highest BCUT2D eigenvalue weighted by Gasteiger charge is 2.09. The van der Waals surface area contributed by atoms with Crippen molar-refractivity contribution >= 4 is 35.6 Å². The van der Waals surface area contributed by atoms with Gasteiger partial charge < -0.3 is 16.4 Å². The molecule has 106 valence electrons. The van der Waals surface area contributed by atoms with Crippen LogP contribution in [0.4, 0.5) is 11.4 Å². The van der Waals surface area contributed by atoms with Crippen molar-refractivity contribution in [3.8, 4) is 0 Å². The SMILES string of the molecule is Cc1ccc(NC(=O)C(C)C)cc1NC(=O)CN.Cl. The summed E-state index contributed by atoms with van der Waals surface area (Å²) in [6.07, 6.45) is 0. The quantitative estimate of drug-likeness (QED) is 0.790. The maximum absolute atomic E-state index is 11.6. The molecule has 1 aromatic carbocycles.